The van der Waals surface area contributed by atoms with Gasteiger partial charge in [0.1, 0.15) is 11.3 Å². The number of carbonyl (C=O) groups excluding carboxylic acids is 1. The first kappa shape index (κ1) is 15.6. The Bertz CT molecular complexity index is 583. The maximum Gasteiger partial charge on any atom is 0.431 e. The smallest absolute Gasteiger partial charge is 0.393 e. The fraction of sp³-hybridized carbons (Fsp3) is 0.538. The molecule has 1 aromatic heterocycles. The molecule has 0 saturated heterocycles. The summed E-state index contributed by atoms with van der Waals surface area (Å²) in [6, 6.07) is 1.50. The number of aliphatic hydroxyl groups excluding tert-OH is 1. The van der Waals surface area contributed by atoms with Crippen molar-refractivity contribution in [1.82, 2.24) is 10.3 Å². The van der Waals surface area contributed by atoms with E-state index in [4.69, 9.17) is 0 Å². The average molecular weight is 304 g/mol. The summed E-state index contributed by atoms with van der Waals surface area (Å²) in [5, 5.41) is 12.1. The zero-order valence-corrected chi connectivity index (χ0v) is 11.0. The van der Waals surface area contributed by atoms with Gasteiger partial charge in [-0.2, -0.15) is 13.2 Å². The molecule has 0 radical (unpaired) electrons. The summed E-state index contributed by atoms with van der Waals surface area (Å²) >= 11 is 0. The van der Waals surface area contributed by atoms with Gasteiger partial charge in [0.2, 0.25) is 0 Å². The summed E-state index contributed by atoms with van der Waals surface area (Å²) < 4.78 is 37.2. The number of amides is 1. The largest absolute Gasteiger partial charge is 0.431 e. The summed E-state index contributed by atoms with van der Waals surface area (Å²) in [4.78, 5) is 25.0. The van der Waals surface area contributed by atoms with Crippen molar-refractivity contribution in [3.63, 3.8) is 0 Å². The Morgan fingerprint density at radius 2 is 2.10 bits per heavy atom. The lowest BCUT2D eigenvalue weighted by atomic mass is 10.1. The second-order valence-corrected chi connectivity index (χ2v) is 5.08. The number of aromatic nitrogens is 1. The molecule has 1 fully saturated rings. The molecule has 0 aliphatic heterocycles. The van der Waals surface area contributed by atoms with E-state index in [1.54, 1.807) is 4.98 Å². The van der Waals surface area contributed by atoms with Crippen LogP contribution in [0.5, 0.6) is 0 Å². The number of aliphatic hydroxyl groups is 1. The molecule has 1 amide bonds. The lowest BCUT2D eigenvalue weighted by molar-refractivity contribution is -0.141. The van der Waals surface area contributed by atoms with E-state index >= 15 is 0 Å². The SMILES string of the molecule is O=C(NCC1CCCC1O)c1ccc(C(F)(F)F)[nH]c1=O. The van der Waals surface area contributed by atoms with Crippen LogP contribution in [0.25, 0.3) is 0 Å². The van der Waals surface area contributed by atoms with Crippen LogP contribution in [0, 0.1) is 5.92 Å². The third-order valence-electron chi connectivity index (χ3n) is 3.60. The van der Waals surface area contributed by atoms with Gasteiger partial charge >= 0.3 is 6.18 Å². The minimum Gasteiger partial charge on any atom is -0.393 e. The maximum absolute atomic E-state index is 12.4. The molecule has 0 aromatic carbocycles. The van der Waals surface area contributed by atoms with E-state index in [-0.39, 0.29) is 18.0 Å². The summed E-state index contributed by atoms with van der Waals surface area (Å²) in [5.41, 5.74) is -2.67. The first-order valence-corrected chi connectivity index (χ1v) is 6.56. The lowest BCUT2D eigenvalue weighted by Crippen LogP contribution is -2.35. The van der Waals surface area contributed by atoms with Crippen LogP contribution in [0.15, 0.2) is 16.9 Å². The molecule has 5 nitrogen and oxygen atoms in total. The average Bonchev–Trinajstić information content (AvgIpc) is 2.80. The molecule has 21 heavy (non-hydrogen) atoms. The van der Waals surface area contributed by atoms with E-state index in [1.807, 2.05) is 0 Å². The number of halogens is 3. The summed E-state index contributed by atoms with van der Waals surface area (Å²) in [5.74, 6) is -0.827. The van der Waals surface area contributed by atoms with Gasteiger partial charge in [-0.25, -0.2) is 0 Å². The molecular formula is C13H15F3N2O3. The van der Waals surface area contributed by atoms with Gasteiger partial charge in [0, 0.05) is 12.5 Å². The monoisotopic (exact) mass is 304 g/mol. The number of nitrogens with one attached hydrogen (secondary N) is 2. The highest BCUT2D eigenvalue weighted by atomic mass is 19.4. The van der Waals surface area contributed by atoms with E-state index in [2.05, 4.69) is 5.32 Å². The van der Waals surface area contributed by atoms with Gasteiger partial charge < -0.3 is 15.4 Å². The Morgan fingerprint density at radius 3 is 2.62 bits per heavy atom. The number of H-pyrrole nitrogens is 1. The molecule has 2 rings (SSSR count). The predicted molar refractivity (Wildman–Crippen MR) is 67.7 cm³/mol. The molecule has 0 spiro atoms. The minimum absolute atomic E-state index is 0.0810. The van der Waals surface area contributed by atoms with Crippen LogP contribution in [0.2, 0.25) is 0 Å². The Morgan fingerprint density at radius 1 is 1.38 bits per heavy atom. The Balaban J connectivity index is 2.04. The first-order valence-electron chi connectivity index (χ1n) is 6.56. The maximum atomic E-state index is 12.4. The van der Waals surface area contributed by atoms with Crippen LogP contribution in [-0.4, -0.2) is 28.6 Å². The number of alkyl halides is 3. The number of hydrogen-bond acceptors (Lipinski definition) is 3. The summed E-state index contributed by atoms with van der Waals surface area (Å²) in [6.07, 6.45) is -2.85. The number of pyridine rings is 1. The highest BCUT2D eigenvalue weighted by molar-refractivity contribution is 5.93. The minimum atomic E-state index is -4.66. The van der Waals surface area contributed by atoms with Crippen LogP contribution in [0.1, 0.15) is 35.3 Å². The van der Waals surface area contributed by atoms with Gasteiger partial charge in [-0.1, -0.05) is 6.42 Å². The lowest BCUT2D eigenvalue weighted by Gasteiger charge is -2.15. The molecular weight excluding hydrogens is 289 g/mol. The van der Waals surface area contributed by atoms with E-state index in [9.17, 15) is 27.9 Å². The molecule has 1 heterocycles. The predicted octanol–water partition coefficient (Wildman–Crippen LogP) is 1.28. The van der Waals surface area contributed by atoms with E-state index < -0.39 is 29.4 Å². The van der Waals surface area contributed by atoms with Gasteiger partial charge in [-0.15, -0.1) is 0 Å². The van der Waals surface area contributed by atoms with Crippen molar-refractivity contribution in [2.45, 2.75) is 31.5 Å². The van der Waals surface area contributed by atoms with Crippen molar-refractivity contribution >= 4 is 5.91 Å². The zero-order chi connectivity index (χ0) is 15.6. The van der Waals surface area contributed by atoms with Crippen molar-refractivity contribution in [3.8, 4) is 0 Å². The normalized spacial score (nSPS) is 22.3. The summed E-state index contributed by atoms with van der Waals surface area (Å²) in [6.45, 7) is 0.195. The first-order chi connectivity index (χ1) is 9.79. The molecule has 8 heteroatoms. The van der Waals surface area contributed by atoms with Crippen LogP contribution >= 0.6 is 0 Å². The quantitative estimate of drug-likeness (QED) is 0.787. The molecule has 1 aliphatic carbocycles. The Labute approximate surface area is 118 Å². The zero-order valence-electron chi connectivity index (χ0n) is 11.0. The van der Waals surface area contributed by atoms with Crippen LogP contribution in [0.3, 0.4) is 0 Å². The van der Waals surface area contributed by atoms with Crippen LogP contribution in [0.4, 0.5) is 13.2 Å². The molecule has 116 valence electrons. The van der Waals surface area contributed by atoms with Crippen molar-refractivity contribution < 1.29 is 23.1 Å². The Hall–Kier alpha value is -1.83. The number of rotatable bonds is 3. The van der Waals surface area contributed by atoms with Crippen molar-refractivity contribution in [3.05, 3.63) is 33.7 Å². The van der Waals surface area contributed by atoms with Gasteiger partial charge in [0.25, 0.3) is 11.5 Å². The number of carbonyl (C=O) groups is 1. The van der Waals surface area contributed by atoms with Crippen molar-refractivity contribution in [1.29, 1.82) is 0 Å². The van der Waals surface area contributed by atoms with Gasteiger partial charge in [-0.05, 0) is 25.0 Å². The standard InChI is InChI=1S/C13H15F3N2O3/c14-13(15,16)10-5-4-8(12(21)18-10)11(20)17-6-7-2-1-3-9(7)19/h4-5,7,9,19H,1-3,6H2,(H,17,20)(H,18,21). The van der Waals surface area contributed by atoms with Gasteiger partial charge in [-0.3, -0.25) is 9.59 Å². The van der Waals surface area contributed by atoms with E-state index in [0.29, 0.717) is 12.5 Å². The molecule has 2 unspecified atom stereocenters. The van der Waals surface area contributed by atoms with Gasteiger partial charge in [0.15, 0.2) is 0 Å². The van der Waals surface area contributed by atoms with Crippen molar-refractivity contribution in [2.75, 3.05) is 6.54 Å². The second-order valence-electron chi connectivity index (χ2n) is 5.08. The highest BCUT2D eigenvalue weighted by Gasteiger charge is 2.32. The topological polar surface area (TPSA) is 82.2 Å². The fourth-order valence-corrected chi connectivity index (χ4v) is 2.39. The number of hydrogen-bond donors (Lipinski definition) is 3. The molecule has 2 atom stereocenters. The summed E-state index contributed by atoms with van der Waals surface area (Å²) in [7, 11) is 0. The van der Waals surface area contributed by atoms with Crippen molar-refractivity contribution in [2.24, 2.45) is 5.92 Å². The Kier molecular flexibility index (Phi) is 4.36. The number of aromatic amines is 1. The molecule has 0 bridgehead atoms. The van der Waals surface area contributed by atoms with E-state index in [0.717, 1.165) is 18.9 Å². The second kappa shape index (κ2) is 5.88. The third kappa shape index (κ3) is 3.63. The van der Waals surface area contributed by atoms with E-state index in [1.165, 1.54) is 0 Å². The van der Waals surface area contributed by atoms with Crippen LogP contribution < -0.4 is 10.9 Å². The fourth-order valence-electron chi connectivity index (χ4n) is 2.39. The molecule has 1 aliphatic rings. The van der Waals surface area contributed by atoms with Gasteiger partial charge in [0.05, 0.1) is 6.10 Å². The molecule has 1 aromatic rings. The molecule has 3 N–H and O–H groups in total. The van der Waals surface area contributed by atoms with Crippen LogP contribution in [-0.2, 0) is 6.18 Å². The third-order valence-corrected chi connectivity index (χ3v) is 3.60. The molecule has 1 saturated carbocycles. The highest BCUT2D eigenvalue weighted by Crippen LogP contribution is 2.26.